The number of nitrogens with zero attached hydrogens (tertiary/aromatic N) is 6. The Labute approximate surface area is 305 Å². The van der Waals surface area contributed by atoms with E-state index < -0.39 is 9.85 Å². The van der Waals surface area contributed by atoms with Gasteiger partial charge in [0.05, 0.1) is 45.8 Å². The molecule has 0 unspecified atom stereocenters. The van der Waals surface area contributed by atoms with Gasteiger partial charge in [0.15, 0.2) is 0 Å². The molecular formula is C40H48N6O6. The molecule has 0 radical (unpaired) electrons. The van der Waals surface area contributed by atoms with Gasteiger partial charge in [-0.05, 0) is 111 Å². The monoisotopic (exact) mass is 708 g/mol. The lowest BCUT2D eigenvalue weighted by Gasteiger charge is -2.11. The molecule has 12 nitrogen and oxygen atoms in total. The molecule has 0 atom stereocenters. The topological polar surface area (TPSA) is 154 Å². The average Bonchev–Trinajstić information content (AvgIpc) is 3.13. The van der Waals surface area contributed by atoms with Crippen molar-refractivity contribution in [2.24, 2.45) is 20.5 Å². The van der Waals surface area contributed by atoms with Crippen molar-refractivity contribution in [1.82, 2.24) is 0 Å². The molecule has 0 N–H and O–H groups in total. The van der Waals surface area contributed by atoms with E-state index in [0.29, 0.717) is 24.6 Å². The van der Waals surface area contributed by atoms with E-state index in [9.17, 15) is 20.2 Å². The first-order chi connectivity index (χ1) is 25.1. The van der Waals surface area contributed by atoms with E-state index in [4.69, 9.17) is 9.47 Å². The second-order valence-electron chi connectivity index (χ2n) is 13.0. The van der Waals surface area contributed by atoms with Crippen molar-refractivity contribution in [2.45, 2.75) is 91.9 Å². The van der Waals surface area contributed by atoms with Gasteiger partial charge in [-0.15, -0.1) is 0 Å². The first-order valence-corrected chi connectivity index (χ1v) is 17.9. The molecular weight excluding hydrogens is 660 g/mol. The highest BCUT2D eigenvalue weighted by atomic mass is 16.6. The van der Waals surface area contributed by atoms with Gasteiger partial charge < -0.3 is 9.47 Å². The van der Waals surface area contributed by atoms with E-state index in [-0.39, 0.29) is 11.4 Å². The van der Waals surface area contributed by atoms with Crippen LogP contribution in [0.3, 0.4) is 0 Å². The third-order valence-electron chi connectivity index (χ3n) is 8.71. The number of nitro groups is 2. The van der Waals surface area contributed by atoms with E-state index in [1.54, 1.807) is 24.3 Å². The van der Waals surface area contributed by atoms with Crippen LogP contribution in [-0.2, 0) is 0 Å². The number of hydrogen-bond acceptors (Lipinski definition) is 10. The van der Waals surface area contributed by atoms with E-state index in [0.717, 1.165) is 70.8 Å². The Bertz CT molecular complexity index is 1710. The van der Waals surface area contributed by atoms with E-state index >= 15 is 0 Å². The fourth-order valence-electron chi connectivity index (χ4n) is 5.56. The number of unbranched alkanes of at least 4 members (excludes halogenated alkanes) is 9. The summed E-state index contributed by atoms with van der Waals surface area (Å²) in [5, 5.41) is 38.8. The Morgan fingerprint density at radius 1 is 0.462 bits per heavy atom. The van der Waals surface area contributed by atoms with Gasteiger partial charge in [-0.25, -0.2) is 0 Å². The first-order valence-electron chi connectivity index (χ1n) is 17.9. The van der Waals surface area contributed by atoms with Gasteiger partial charge in [0, 0.05) is 24.3 Å². The van der Waals surface area contributed by atoms with Crippen LogP contribution in [0.1, 0.15) is 86.5 Å². The normalized spacial score (nSPS) is 11.4. The number of nitro benzene ring substituents is 2. The Kier molecular flexibility index (Phi) is 15.4. The van der Waals surface area contributed by atoms with Crippen molar-refractivity contribution in [1.29, 1.82) is 0 Å². The molecule has 0 spiro atoms. The highest BCUT2D eigenvalue weighted by Crippen LogP contribution is 2.32. The standard InChI is InChI=1S/C40H48N6O6/c1-29-27-39(31(3)25-37(29)43-41-33-15-19-35(20-16-33)45(47)48)51-23-13-11-9-7-5-6-8-10-12-14-24-52-40-28-30(2)38(26-32(40)4)44-42-34-17-21-36(22-18-34)46(49)50/h15-22,25-28H,5-14,23-24H2,1-4H3. The molecule has 52 heavy (non-hydrogen) atoms. The molecule has 0 aliphatic carbocycles. The quantitative estimate of drug-likeness (QED) is 0.0363. The molecule has 4 aromatic rings. The molecule has 0 aliphatic heterocycles. The van der Waals surface area contributed by atoms with Crippen LogP contribution in [0.15, 0.2) is 93.3 Å². The highest BCUT2D eigenvalue weighted by Gasteiger charge is 2.09. The Hall–Kier alpha value is -5.52. The maximum absolute atomic E-state index is 10.8. The zero-order valence-corrected chi connectivity index (χ0v) is 30.5. The number of azo groups is 2. The summed E-state index contributed by atoms with van der Waals surface area (Å²) in [7, 11) is 0. The smallest absolute Gasteiger partial charge is 0.269 e. The number of ether oxygens (including phenoxy) is 2. The number of hydrogen-bond donors (Lipinski definition) is 0. The predicted molar refractivity (Wildman–Crippen MR) is 204 cm³/mol. The maximum atomic E-state index is 10.8. The molecule has 0 saturated carbocycles. The van der Waals surface area contributed by atoms with Crippen LogP contribution in [0.4, 0.5) is 34.1 Å². The number of aryl methyl sites for hydroxylation is 4. The minimum Gasteiger partial charge on any atom is -0.493 e. The Morgan fingerprint density at radius 3 is 1.12 bits per heavy atom. The van der Waals surface area contributed by atoms with Crippen LogP contribution in [0.25, 0.3) is 0 Å². The summed E-state index contributed by atoms with van der Waals surface area (Å²) in [6, 6.07) is 19.9. The molecule has 0 heterocycles. The predicted octanol–water partition coefficient (Wildman–Crippen LogP) is 12.9. The minimum absolute atomic E-state index is 0.0247. The lowest BCUT2D eigenvalue weighted by Crippen LogP contribution is -1.99. The van der Waals surface area contributed by atoms with Crippen molar-refractivity contribution in [2.75, 3.05) is 13.2 Å². The van der Waals surface area contributed by atoms with Gasteiger partial charge in [0.25, 0.3) is 11.4 Å². The van der Waals surface area contributed by atoms with Crippen molar-refractivity contribution in [3.8, 4) is 11.5 Å². The molecule has 0 bridgehead atoms. The summed E-state index contributed by atoms with van der Waals surface area (Å²) < 4.78 is 12.1. The molecule has 0 amide bonds. The van der Waals surface area contributed by atoms with E-state index in [1.807, 2.05) is 52.0 Å². The maximum Gasteiger partial charge on any atom is 0.269 e. The third kappa shape index (κ3) is 12.7. The average molecular weight is 709 g/mol. The lowest BCUT2D eigenvalue weighted by molar-refractivity contribution is -0.385. The molecule has 0 aromatic heterocycles. The van der Waals surface area contributed by atoms with Gasteiger partial charge >= 0.3 is 0 Å². The van der Waals surface area contributed by atoms with Gasteiger partial charge in [0.1, 0.15) is 11.5 Å². The second kappa shape index (κ2) is 20.4. The fourth-order valence-corrected chi connectivity index (χ4v) is 5.56. The molecule has 0 saturated heterocycles. The molecule has 0 fully saturated rings. The van der Waals surface area contributed by atoms with Crippen LogP contribution in [0, 0.1) is 47.9 Å². The van der Waals surface area contributed by atoms with Crippen LogP contribution < -0.4 is 9.47 Å². The summed E-state index contributed by atoms with van der Waals surface area (Å²) >= 11 is 0. The third-order valence-corrected chi connectivity index (χ3v) is 8.71. The number of rotatable bonds is 21. The lowest BCUT2D eigenvalue weighted by atomic mass is 10.1. The summed E-state index contributed by atoms with van der Waals surface area (Å²) in [6.07, 6.45) is 11.8. The fraction of sp³-hybridized carbons (Fsp3) is 0.400. The zero-order chi connectivity index (χ0) is 37.3. The van der Waals surface area contributed by atoms with Gasteiger partial charge in [-0.3, -0.25) is 20.2 Å². The van der Waals surface area contributed by atoms with Crippen LogP contribution >= 0.6 is 0 Å². The Balaban J connectivity index is 1.02. The SMILES string of the molecule is Cc1cc(OCCCCCCCCCCCCOc2cc(C)c(N=Nc3ccc([N+](=O)[O-])cc3)cc2C)c(C)cc1N=Nc1ccc([N+](=O)[O-])cc1. The van der Waals surface area contributed by atoms with E-state index in [2.05, 4.69) is 20.5 Å². The molecule has 4 rings (SSSR count). The highest BCUT2D eigenvalue weighted by molar-refractivity contribution is 5.55. The van der Waals surface area contributed by atoms with Crippen LogP contribution in [0.5, 0.6) is 11.5 Å². The summed E-state index contributed by atoms with van der Waals surface area (Å²) in [6.45, 7) is 9.30. The minimum atomic E-state index is -0.436. The van der Waals surface area contributed by atoms with Gasteiger partial charge in [-0.1, -0.05) is 51.4 Å². The molecule has 4 aromatic carbocycles. The zero-order valence-electron chi connectivity index (χ0n) is 30.5. The van der Waals surface area contributed by atoms with Crippen molar-refractivity contribution < 1.29 is 19.3 Å². The largest absolute Gasteiger partial charge is 0.493 e. The van der Waals surface area contributed by atoms with Gasteiger partial charge in [0.2, 0.25) is 0 Å². The Morgan fingerprint density at radius 2 is 0.788 bits per heavy atom. The summed E-state index contributed by atoms with van der Waals surface area (Å²) in [4.78, 5) is 20.8. The van der Waals surface area contributed by atoms with Crippen molar-refractivity contribution in [3.05, 3.63) is 115 Å². The van der Waals surface area contributed by atoms with Crippen molar-refractivity contribution >= 4 is 34.1 Å². The van der Waals surface area contributed by atoms with E-state index in [1.165, 1.54) is 62.8 Å². The first kappa shape index (κ1) is 39.3. The van der Waals surface area contributed by atoms with Crippen LogP contribution in [-0.4, -0.2) is 23.1 Å². The number of benzene rings is 4. The molecule has 274 valence electrons. The summed E-state index contributed by atoms with van der Waals surface area (Å²) in [5.74, 6) is 1.72. The molecule has 12 heteroatoms. The van der Waals surface area contributed by atoms with Crippen molar-refractivity contribution in [3.63, 3.8) is 0 Å². The number of non-ortho nitro benzene ring substituents is 2. The van der Waals surface area contributed by atoms with Gasteiger partial charge in [-0.2, -0.15) is 20.5 Å². The summed E-state index contributed by atoms with van der Waals surface area (Å²) in [5.41, 5.74) is 6.56. The second-order valence-corrected chi connectivity index (χ2v) is 13.0. The molecule has 0 aliphatic rings. The van der Waals surface area contributed by atoms with Crippen LogP contribution in [0.2, 0.25) is 0 Å².